The van der Waals surface area contributed by atoms with Crippen molar-refractivity contribution in [3.8, 4) is 0 Å². The summed E-state index contributed by atoms with van der Waals surface area (Å²) >= 11 is 3.55. The Balaban J connectivity index is 1.79. The predicted octanol–water partition coefficient (Wildman–Crippen LogP) is 2.87. The van der Waals surface area contributed by atoms with Crippen molar-refractivity contribution in [2.45, 2.75) is 12.5 Å². The molecule has 2 aromatic rings. The van der Waals surface area contributed by atoms with Gasteiger partial charge < -0.3 is 10.2 Å². The zero-order valence-electron chi connectivity index (χ0n) is 11.3. The van der Waals surface area contributed by atoms with Crippen molar-refractivity contribution in [1.29, 1.82) is 0 Å². The second-order valence-electron chi connectivity index (χ2n) is 5.07. The van der Waals surface area contributed by atoms with Gasteiger partial charge in [-0.25, -0.2) is 4.98 Å². The van der Waals surface area contributed by atoms with Crippen LogP contribution >= 0.6 is 15.9 Å². The second-order valence-corrected chi connectivity index (χ2v) is 5.99. The van der Waals surface area contributed by atoms with Gasteiger partial charge in [-0.2, -0.15) is 0 Å². The molecule has 3 nitrogen and oxygen atoms in total. The van der Waals surface area contributed by atoms with Crippen LogP contribution in [-0.2, 0) is 6.42 Å². The summed E-state index contributed by atoms with van der Waals surface area (Å²) in [4.78, 5) is 6.91. The third-order valence-corrected chi connectivity index (χ3v) is 4.15. The summed E-state index contributed by atoms with van der Waals surface area (Å²) in [5.74, 6) is 1.08. The average Bonchev–Trinajstić information content (AvgIpc) is 2.49. The maximum absolute atomic E-state index is 4.50. The molecule has 1 unspecified atom stereocenters. The summed E-state index contributed by atoms with van der Waals surface area (Å²) in [5, 5.41) is 3.49. The van der Waals surface area contributed by atoms with Gasteiger partial charge in [-0.15, -0.1) is 0 Å². The van der Waals surface area contributed by atoms with Gasteiger partial charge in [0.05, 0.1) is 0 Å². The lowest BCUT2D eigenvalue weighted by molar-refractivity contribution is 0.470. The monoisotopic (exact) mass is 331 g/mol. The summed E-state index contributed by atoms with van der Waals surface area (Å²) in [6, 6.07) is 15.1. The Kier molecular flexibility index (Phi) is 4.33. The fraction of sp³-hybridized carbons (Fsp3) is 0.312. The van der Waals surface area contributed by atoms with Crippen molar-refractivity contribution in [3.05, 3.63) is 58.7 Å². The largest absolute Gasteiger partial charge is 0.351 e. The van der Waals surface area contributed by atoms with E-state index in [1.807, 2.05) is 12.3 Å². The Morgan fingerprint density at radius 2 is 2.20 bits per heavy atom. The molecule has 20 heavy (non-hydrogen) atoms. The number of nitrogens with zero attached hydrogens (tertiary/aromatic N) is 2. The Morgan fingerprint density at radius 3 is 3.00 bits per heavy atom. The number of halogens is 1. The first-order valence-corrected chi connectivity index (χ1v) is 7.75. The molecular weight excluding hydrogens is 314 g/mol. The molecule has 1 aliphatic rings. The van der Waals surface area contributed by atoms with E-state index in [1.54, 1.807) is 0 Å². The molecule has 0 aliphatic carbocycles. The van der Waals surface area contributed by atoms with Crippen molar-refractivity contribution in [2.75, 3.05) is 24.5 Å². The third kappa shape index (κ3) is 3.19. The van der Waals surface area contributed by atoms with Gasteiger partial charge in [0.15, 0.2) is 0 Å². The van der Waals surface area contributed by atoms with Crippen LogP contribution in [0.1, 0.15) is 5.56 Å². The van der Waals surface area contributed by atoms with Crippen molar-refractivity contribution in [2.24, 2.45) is 0 Å². The van der Waals surface area contributed by atoms with E-state index < -0.39 is 0 Å². The Bertz CT molecular complexity index is 559. The number of rotatable bonds is 3. The number of benzene rings is 1. The second kappa shape index (κ2) is 6.37. The molecule has 3 rings (SSSR count). The summed E-state index contributed by atoms with van der Waals surface area (Å²) < 4.78 is 1.14. The zero-order valence-corrected chi connectivity index (χ0v) is 12.9. The molecule has 1 atom stereocenters. The Hall–Kier alpha value is -1.39. The van der Waals surface area contributed by atoms with Crippen LogP contribution in [0.15, 0.2) is 53.1 Å². The van der Waals surface area contributed by atoms with Gasteiger partial charge in [0.1, 0.15) is 5.82 Å². The van der Waals surface area contributed by atoms with Crippen molar-refractivity contribution < 1.29 is 0 Å². The zero-order chi connectivity index (χ0) is 13.8. The highest BCUT2D eigenvalue weighted by Gasteiger charge is 2.23. The highest BCUT2D eigenvalue weighted by Crippen LogP contribution is 2.19. The number of aromatic nitrogens is 1. The minimum Gasteiger partial charge on any atom is -0.351 e. The SMILES string of the molecule is Brc1cccc(CC2CNCCN2c2ccccn2)c1. The van der Waals surface area contributed by atoms with Crippen LogP contribution in [0.2, 0.25) is 0 Å². The summed E-state index contributed by atoms with van der Waals surface area (Å²) in [6.45, 7) is 3.03. The number of anilines is 1. The summed E-state index contributed by atoms with van der Waals surface area (Å²) in [6.07, 6.45) is 2.90. The average molecular weight is 332 g/mol. The first kappa shape index (κ1) is 13.6. The van der Waals surface area contributed by atoms with E-state index in [0.717, 1.165) is 36.3 Å². The molecule has 1 aromatic carbocycles. The van der Waals surface area contributed by atoms with E-state index in [0.29, 0.717) is 6.04 Å². The molecule has 0 radical (unpaired) electrons. The van der Waals surface area contributed by atoms with Crippen LogP contribution in [-0.4, -0.2) is 30.7 Å². The van der Waals surface area contributed by atoms with Gasteiger partial charge in [-0.05, 0) is 36.2 Å². The van der Waals surface area contributed by atoms with Crippen LogP contribution in [0.5, 0.6) is 0 Å². The van der Waals surface area contributed by atoms with Crippen molar-refractivity contribution >= 4 is 21.7 Å². The molecule has 1 aliphatic heterocycles. The van der Waals surface area contributed by atoms with Crippen molar-refractivity contribution in [1.82, 2.24) is 10.3 Å². The minimum atomic E-state index is 0.452. The molecule has 1 fully saturated rings. The maximum Gasteiger partial charge on any atom is 0.128 e. The Morgan fingerprint density at radius 1 is 1.25 bits per heavy atom. The van der Waals surface area contributed by atoms with Gasteiger partial charge in [-0.1, -0.05) is 34.1 Å². The van der Waals surface area contributed by atoms with Crippen LogP contribution in [0.25, 0.3) is 0 Å². The molecule has 0 amide bonds. The molecule has 104 valence electrons. The van der Waals surface area contributed by atoms with E-state index in [9.17, 15) is 0 Å². The molecule has 4 heteroatoms. The number of hydrogen-bond donors (Lipinski definition) is 1. The molecule has 2 heterocycles. The first-order valence-electron chi connectivity index (χ1n) is 6.96. The van der Waals surface area contributed by atoms with Crippen LogP contribution < -0.4 is 10.2 Å². The highest BCUT2D eigenvalue weighted by molar-refractivity contribution is 9.10. The van der Waals surface area contributed by atoms with E-state index >= 15 is 0 Å². The first-order chi connectivity index (χ1) is 9.83. The molecule has 1 N–H and O–H groups in total. The minimum absolute atomic E-state index is 0.452. The van der Waals surface area contributed by atoms with Crippen LogP contribution in [0.4, 0.5) is 5.82 Å². The molecular formula is C16H18BrN3. The molecule has 1 saturated heterocycles. The van der Waals surface area contributed by atoms with Gasteiger partial charge in [-0.3, -0.25) is 0 Å². The van der Waals surface area contributed by atoms with E-state index in [-0.39, 0.29) is 0 Å². The number of hydrogen-bond acceptors (Lipinski definition) is 3. The predicted molar refractivity (Wildman–Crippen MR) is 86.1 cm³/mol. The number of pyridine rings is 1. The normalized spacial score (nSPS) is 19.1. The van der Waals surface area contributed by atoms with Crippen molar-refractivity contribution in [3.63, 3.8) is 0 Å². The van der Waals surface area contributed by atoms with Crippen LogP contribution in [0, 0.1) is 0 Å². The van der Waals surface area contributed by atoms with E-state index in [2.05, 4.69) is 67.5 Å². The van der Waals surface area contributed by atoms with Gasteiger partial charge in [0, 0.05) is 36.3 Å². The number of nitrogens with one attached hydrogen (secondary N) is 1. The lowest BCUT2D eigenvalue weighted by Gasteiger charge is -2.37. The lowest BCUT2D eigenvalue weighted by Crippen LogP contribution is -2.52. The fourth-order valence-electron chi connectivity index (χ4n) is 2.70. The molecule has 0 spiro atoms. The smallest absolute Gasteiger partial charge is 0.128 e. The molecule has 0 bridgehead atoms. The van der Waals surface area contributed by atoms with Gasteiger partial charge >= 0.3 is 0 Å². The number of piperazine rings is 1. The van der Waals surface area contributed by atoms with Gasteiger partial charge in [0.2, 0.25) is 0 Å². The highest BCUT2D eigenvalue weighted by atomic mass is 79.9. The van der Waals surface area contributed by atoms with Gasteiger partial charge in [0.25, 0.3) is 0 Å². The topological polar surface area (TPSA) is 28.2 Å². The molecule has 1 aromatic heterocycles. The quantitative estimate of drug-likeness (QED) is 0.937. The van der Waals surface area contributed by atoms with E-state index in [4.69, 9.17) is 0 Å². The third-order valence-electron chi connectivity index (χ3n) is 3.65. The molecule has 0 saturated carbocycles. The van der Waals surface area contributed by atoms with E-state index in [1.165, 1.54) is 5.56 Å². The Labute approximate surface area is 128 Å². The summed E-state index contributed by atoms with van der Waals surface area (Å²) in [5.41, 5.74) is 1.36. The lowest BCUT2D eigenvalue weighted by atomic mass is 10.0. The standard InChI is InChI=1S/C16H18BrN3/c17-14-5-3-4-13(10-14)11-15-12-18-8-9-20(15)16-6-1-2-7-19-16/h1-7,10,15,18H,8-9,11-12H2. The fourth-order valence-corrected chi connectivity index (χ4v) is 3.15. The summed E-state index contributed by atoms with van der Waals surface area (Å²) in [7, 11) is 0. The maximum atomic E-state index is 4.50. The van der Waals surface area contributed by atoms with Crippen LogP contribution in [0.3, 0.4) is 0 Å².